The monoisotopic (exact) mass is 430 g/mol. The number of nitrogens with one attached hydrogen (secondary N) is 1. The summed E-state index contributed by atoms with van der Waals surface area (Å²) in [6.07, 6.45) is 0.184. The van der Waals surface area contributed by atoms with Crippen LogP contribution in [0.1, 0.15) is 42.3 Å². The molecular formula is C23H30N2O4S. The molecule has 162 valence electrons. The van der Waals surface area contributed by atoms with Crippen LogP contribution in [0.15, 0.2) is 23.6 Å². The van der Waals surface area contributed by atoms with E-state index in [2.05, 4.69) is 16.3 Å². The van der Waals surface area contributed by atoms with Gasteiger partial charge in [0.05, 0.1) is 25.4 Å². The van der Waals surface area contributed by atoms with Gasteiger partial charge < -0.3 is 14.8 Å². The third-order valence-corrected chi connectivity index (χ3v) is 5.95. The summed E-state index contributed by atoms with van der Waals surface area (Å²) in [5.74, 6) is -0.562. The smallest absolute Gasteiger partial charge is 0.341 e. The fraction of sp³-hybridized carbons (Fsp3) is 0.478. The van der Waals surface area contributed by atoms with E-state index in [9.17, 15) is 9.59 Å². The van der Waals surface area contributed by atoms with E-state index in [1.54, 1.807) is 6.92 Å². The minimum absolute atomic E-state index is 0.0921. The van der Waals surface area contributed by atoms with Gasteiger partial charge >= 0.3 is 5.97 Å². The second kappa shape index (κ2) is 9.73. The van der Waals surface area contributed by atoms with Gasteiger partial charge in [-0.3, -0.25) is 9.69 Å². The number of hydrogen-bond acceptors (Lipinski definition) is 6. The minimum atomic E-state index is -0.419. The summed E-state index contributed by atoms with van der Waals surface area (Å²) in [5.41, 5.74) is 4.42. The molecule has 1 N–H and O–H groups in total. The summed E-state index contributed by atoms with van der Waals surface area (Å²) in [6.45, 7) is 11.8. The first kappa shape index (κ1) is 22.5. The summed E-state index contributed by atoms with van der Waals surface area (Å²) in [5, 5.41) is 5.39. The first-order valence-corrected chi connectivity index (χ1v) is 11.2. The van der Waals surface area contributed by atoms with E-state index < -0.39 is 5.97 Å². The molecule has 1 saturated heterocycles. The highest BCUT2D eigenvalue weighted by atomic mass is 32.1. The maximum absolute atomic E-state index is 12.8. The molecule has 2 heterocycles. The van der Waals surface area contributed by atoms with Gasteiger partial charge in [-0.15, -0.1) is 11.3 Å². The highest BCUT2D eigenvalue weighted by Gasteiger charge is 2.26. The normalized spacial score (nSPS) is 19.5. The van der Waals surface area contributed by atoms with Crippen molar-refractivity contribution in [2.24, 2.45) is 0 Å². The zero-order valence-electron chi connectivity index (χ0n) is 18.3. The fourth-order valence-electron chi connectivity index (χ4n) is 3.95. The predicted molar refractivity (Wildman–Crippen MR) is 120 cm³/mol. The molecule has 1 amide bonds. The van der Waals surface area contributed by atoms with Crippen LogP contribution in [0.2, 0.25) is 0 Å². The number of carbonyl (C=O) groups is 2. The van der Waals surface area contributed by atoms with Crippen LogP contribution in [0.25, 0.3) is 11.1 Å². The largest absolute Gasteiger partial charge is 0.462 e. The van der Waals surface area contributed by atoms with Crippen LogP contribution in [0.4, 0.5) is 5.00 Å². The Balaban J connectivity index is 1.84. The Morgan fingerprint density at radius 2 is 1.90 bits per heavy atom. The number of benzene rings is 1. The summed E-state index contributed by atoms with van der Waals surface area (Å²) in [7, 11) is 0. The van der Waals surface area contributed by atoms with Crippen molar-refractivity contribution in [2.45, 2.75) is 46.8 Å². The van der Waals surface area contributed by atoms with Crippen molar-refractivity contribution < 1.29 is 19.1 Å². The molecule has 0 spiro atoms. The molecule has 1 aromatic carbocycles. The highest BCUT2D eigenvalue weighted by molar-refractivity contribution is 7.15. The Bertz CT molecular complexity index is 914. The number of thiophene rings is 1. The van der Waals surface area contributed by atoms with Crippen LogP contribution in [0, 0.1) is 13.8 Å². The summed E-state index contributed by atoms with van der Waals surface area (Å²) < 4.78 is 11.0. The number of amides is 1. The van der Waals surface area contributed by atoms with E-state index in [1.807, 2.05) is 45.2 Å². The van der Waals surface area contributed by atoms with Crippen molar-refractivity contribution in [3.05, 3.63) is 40.3 Å². The van der Waals surface area contributed by atoms with Gasteiger partial charge in [-0.25, -0.2) is 4.79 Å². The molecule has 0 radical (unpaired) electrons. The quantitative estimate of drug-likeness (QED) is 0.694. The number of carbonyl (C=O) groups excluding carboxylic acids is 2. The summed E-state index contributed by atoms with van der Waals surface area (Å²) in [6, 6.07) is 6.12. The van der Waals surface area contributed by atoms with Gasteiger partial charge in [-0.1, -0.05) is 23.8 Å². The molecule has 6 nitrogen and oxygen atoms in total. The Hall–Kier alpha value is -2.22. The molecular weight excluding hydrogens is 400 g/mol. The van der Waals surface area contributed by atoms with Crippen LogP contribution in [-0.2, 0) is 14.3 Å². The van der Waals surface area contributed by atoms with Crippen molar-refractivity contribution in [3.63, 3.8) is 0 Å². The van der Waals surface area contributed by atoms with Gasteiger partial charge in [-0.05, 0) is 45.7 Å². The van der Waals surface area contributed by atoms with E-state index in [4.69, 9.17) is 9.47 Å². The van der Waals surface area contributed by atoms with E-state index >= 15 is 0 Å². The van der Waals surface area contributed by atoms with E-state index in [-0.39, 0.29) is 31.3 Å². The van der Waals surface area contributed by atoms with Crippen molar-refractivity contribution in [1.29, 1.82) is 0 Å². The second-order valence-electron chi connectivity index (χ2n) is 7.89. The van der Waals surface area contributed by atoms with E-state index in [1.165, 1.54) is 11.3 Å². The van der Waals surface area contributed by atoms with Gasteiger partial charge in [-0.2, -0.15) is 0 Å². The number of rotatable bonds is 6. The fourth-order valence-corrected chi connectivity index (χ4v) is 4.92. The van der Waals surface area contributed by atoms with Gasteiger partial charge in [0.1, 0.15) is 10.6 Å². The van der Waals surface area contributed by atoms with Crippen LogP contribution >= 0.6 is 11.3 Å². The molecule has 7 heteroatoms. The first-order chi connectivity index (χ1) is 14.3. The van der Waals surface area contributed by atoms with E-state index in [0.717, 1.165) is 22.3 Å². The SMILES string of the molecule is CCOC(=O)c1c(-c2ccc(C)cc2C)csc1NC(=O)CN1C[C@@H](C)O[C@@H](C)C1. The molecule has 0 unspecified atom stereocenters. The molecule has 30 heavy (non-hydrogen) atoms. The Labute approximate surface area is 182 Å². The number of aryl methyl sites for hydroxylation is 2. The molecule has 1 aromatic heterocycles. The average molecular weight is 431 g/mol. The minimum Gasteiger partial charge on any atom is -0.462 e. The Morgan fingerprint density at radius 1 is 1.20 bits per heavy atom. The summed E-state index contributed by atoms with van der Waals surface area (Å²) >= 11 is 1.35. The number of hydrogen-bond donors (Lipinski definition) is 1. The standard InChI is InChI=1S/C23H30N2O4S/c1-6-28-23(27)21-19(18-8-7-14(2)9-15(18)3)13-30-22(21)24-20(26)12-25-10-16(4)29-17(5)11-25/h7-9,13,16-17H,6,10-12H2,1-5H3,(H,24,26)/t16-,17+. The Morgan fingerprint density at radius 3 is 2.53 bits per heavy atom. The lowest BCUT2D eigenvalue weighted by molar-refractivity contribution is -0.121. The maximum atomic E-state index is 12.8. The molecule has 2 atom stereocenters. The lowest BCUT2D eigenvalue weighted by atomic mass is 9.97. The first-order valence-electron chi connectivity index (χ1n) is 10.3. The molecule has 1 fully saturated rings. The molecule has 1 aliphatic rings. The molecule has 1 aliphatic heterocycles. The predicted octanol–water partition coefficient (Wildman–Crippen LogP) is 4.26. The number of ether oxygens (including phenoxy) is 2. The second-order valence-corrected chi connectivity index (χ2v) is 8.77. The topological polar surface area (TPSA) is 67.9 Å². The van der Waals surface area contributed by atoms with Crippen molar-refractivity contribution in [2.75, 3.05) is 31.6 Å². The highest BCUT2D eigenvalue weighted by Crippen LogP contribution is 2.38. The maximum Gasteiger partial charge on any atom is 0.341 e. The third kappa shape index (κ3) is 5.28. The molecule has 2 aromatic rings. The van der Waals surface area contributed by atoms with Gasteiger partial charge in [0, 0.05) is 24.0 Å². The zero-order valence-corrected chi connectivity index (χ0v) is 19.1. The van der Waals surface area contributed by atoms with Crippen LogP contribution < -0.4 is 5.32 Å². The third-order valence-electron chi connectivity index (χ3n) is 5.06. The zero-order chi connectivity index (χ0) is 21.8. The number of nitrogens with zero attached hydrogens (tertiary/aromatic N) is 1. The van der Waals surface area contributed by atoms with Gasteiger partial charge in [0.15, 0.2) is 0 Å². The lowest BCUT2D eigenvalue weighted by Gasteiger charge is -2.34. The van der Waals surface area contributed by atoms with E-state index in [0.29, 0.717) is 23.7 Å². The molecule has 0 saturated carbocycles. The Kier molecular flexibility index (Phi) is 7.28. The summed E-state index contributed by atoms with van der Waals surface area (Å²) in [4.78, 5) is 27.6. The van der Waals surface area contributed by atoms with Crippen molar-refractivity contribution in [1.82, 2.24) is 4.90 Å². The van der Waals surface area contributed by atoms with Crippen LogP contribution in [0.5, 0.6) is 0 Å². The van der Waals surface area contributed by atoms with Crippen LogP contribution in [-0.4, -0.2) is 55.2 Å². The molecule has 0 aliphatic carbocycles. The van der Waals surface area contributed by atoms with Crippen molar-refractivity contribution >= 4 is 28.2 Å². The van der Waals surface area contributed by atoms with Gasteiger partial charge in [0.25, 0.3) is 0 Å². The number of esters is 1. The van der Waals surface area contributed by atoms with Crippen LogP contribution in [0.3, 0.4) is 0 Å². The number of anilines is 1. The number of morpholine rings is 1. The molecule has 0 bridgehead atoms. The lowest BCUT2D eigenvalue weighted by Crippen LogP contribution is -2.48. The average Bonchev–Trinajstić information content (AvgIpc) is 3.04. The molecule has 3 rings (SSSR count). The van der Waals surface area contributed by atoms with Crippen molar-refractivity contribution in [3.8, 4) is 11.1 Å². The van der Waals surface area contributed by atoms with Gasteiger partial charge in [0.2, 0.25) is 5.91 Å².